The average molecular weight is 433 g/mol. The zero-order valence-electron chi connectivity index (χ0n) is 13.0. The smallest absolute Gasteiger partial charge is 0.244 e. The molecule has 3 rings (SSSR count). The number of aryl methyl sites for hydroxylation is 1. The van der Waals surface area contributed by atoms with E-state index in [1.165, 1.54) is 6.08 Å². The van der Waals surface area contributed by atoms with E-state index in [1.807, 2.05) is 60.3 Å². The molecular formula is C18H16IN3O2. The molecule has 0 aliphatic rings. The van der Waals surface area contributed by atoms with Gasteiger partial charge in [0.2, 0.25) is 5.91 Å². The Hall–Kier alpha value is -2.35. The van der Waals surface area contributed by atoms with Crippen LogP contribution in [0.3, 0.4) is 0 Å². The van der Waals surface area contributed by atoms with Gasteiger partial charge in [-0.25, -0.2) is 4.98 Å². The van der Waals surface area contributed by atoms with Gasteiger partial charge in [0.15, 0.2) is 3.77 Å². The summed E-state index contributed by atoms with van der Waals surface area (Å²) in [6.07, 6.45) is 6.70. The molecule has 0 saturated heterocycles. The van der Waals surface area contributed by atoms with E-state index >= 15 is 0 Å². The van der Waals surface area contributed by atoms with Crippen LogP contribution in [0.2, 0.25) is 0 Å². The summed E-state index contributed by atoms with van der Waals surface area (Å²) < 4.78 is 8.10. The molecule has 24 heavy (non-hydrogen) atoms. The van der Waals surface area contributed by atoms with Crippen LogP contribution < -0.4 is 5.32 Å². The third-order valence-corrected chi connectivity index (χ3v) is 4.11. The number of benzene rings is 1. The molecule has 3 aromatic rings. The maximum Gasteiger partial charge on any atom is 0.244 e. The highest BCUT2D eigenvalue weighted by molar-refractivity contribution is 14.1. The summed E-state index contributed by atoms with van der Waals surface area (Å²) >= 11 is 2.08. The zero-order chi connectivity index (χ0) is 16.9. The lowest BCUT2D eigenvalue weighted by Crippen LogP contribution is -2.29. The molecule has 0 saturated carbocycles. The molecule has 1 aromatic carbocycles. The van der Waals surface area contributed by atoms with Gasteiger partial charge < -0.3 is 14.3 Å². The Bertz CT molecular complexity index is 852. The molecule has 0 unspecified atom stereocenters. The summed E-state index contributed by atoms with van der Waals surface area (Å²) in [5, 5.41) is 3.00. The minimum atomic E-state index is -0.319. The molecule has 6 heteroatoms. The van der Waals surface area contributed by atoms with Gasteiger partial charge in [0.05, 0.1) is 0 Å². The predicted molar refractivity (Wildman–Crippen MR) is 100 cm³/mol. The molecule has 2 heterocycles. The molecule has 5 nitrogen and oxygen atoms in total. The van der Waals surface area contributed by atoms with E-state index < -0.39 is 0 Å². The number of amides is 1. The second-order valence-electron chi connectivity index (χ2n) is 5.22. The summed E-state index contributed by atoms with van der Waals surface area (Å²) in [4.78, 5) is 16.7. The average Bonchev–Trinajstić information content (AvgIpc) is 3.20. The normalized spacial score (nSPS) is 12.4. The minimum Gasteiger partial charge on any atom is -0.451 e. The van der Waals surface area contributed by atoms with Gasteiger partial charge in [-0.05, 0) is 46.4 Å². The number of halogens is 1. The summed E-state index contributed by atoms with van der Waals surface area (Å²) in [5.74, 6) is 1.21. The first-order chi connectivity index (χ1) is 11.6. The van der Waals surface area contributed by atoms with Crippen LogP contribution in [0.1, 0.15) is 23.2 Å². The number of furan rings is 1. The molecule has 1 amide bonds. The number of rotatable bonds is 5. The van der Waals surface area contributed by atoms with Gasteiger partial charge in [-0.2, -0.15) is 0 Å². The van der Waals surface area contributed by atoms with Crippen molar-refractivity contribution < 1.29 is 9.21 Å². The van der Waals surface area contributed by atoms with Crippen molar-refractivity contribution in [3.8, 4) is 0 Å². The third-order valence-electron chi connectivity index (χ3n) is 3.53. The van der Waals surface area contributed by atoms with Crippen LogP contribution in [0, 0.1) is 3.77 Å². The Kier molecular flexibility index (Phi) is 5.14. The largest absolute Gasteiger partial charge is 0.451 e. The Labute approximate surface area is 153 Å². The van der Waals surface area contributed by atoms with Crippen LogP contribution in [0.4, 0.5) is 0 Å². The first-order valence-electron chi connectivity index (χ1n) is 7.39. The molecule has 2 aromatic heterocycles. The molecule has 1 N–H and O–H groups in total. The predicted octanol–water partition coefficient (Wildman–Crippen LogP) is 3.54. The molecule has 0 aliphatic heterocycles. The van der Waals surface area contributed by atoms with E-state index in [0.717, 1.165) is 15.2 Å². The molecule has 0 aliphatic carbocycles. The van der Waals surface area contributed by atoms with E-state index in [9.17, 15) is 4.79 Å². The number of hydrogen-bond acceptors (Lipinski definition) is 3. The summed E-state index contributed by atoms with van der Waals surface area (Å²) in [5.41, 5.74) is 0.973. The lowest BCUT2D eigenvalue weighted by atomic mass is 10.1. The minimum absolute atomic E-state index is 0.210. The van der Waals surface area contributed by atoms with Crippen molar-refractivity contribution in [1.29, 1.82) is 0 Å². The number of hydrogen-bond donors (Lipinski definition) is 1. The number of imidazole rings is 1. The number of carbonyl (C=O) groups is 1. The first-order valence-corrected chi connectivity index (χ1v) is 8.47. The van der Waals surface area contributed by atoms with Crippen molar-refractivity contribution in [3.63, 3.8) is 0 Å². The Morgan fingerprint density at radius 2 is 2.08 bits per heavy atom. The van der Waals surface area contributed by atoms with Crippen LogP contribution in [0.25, 0.3) is 6.08 Å². The highest BCUT2D eigenvalue weighted by Gasteiger charge is 2.19. The van der Waals surface area contributed by atoms with E-state index in [2.05, 4.69) is 32.9 Å². The van der Waals surface area contributed by atoms with E-state index in [4.69, 9.17) is 4.42 Å². The molecule has 0 radical (unpaired) electrons. The van der Waals surface area contributed by atoms with Crippen molar-refractivity contribution in [2.45, 2.75) is 6.04 Å². The Balaban J connectivity index is 1.80. The fourth-order valence-corrected chi connectivity index (χ4v) is 2.80. The van der Waals surface area contributed by atoms with Gasteiger partial charge in [0, 0.05) is 25.5 Å². The van der Waals surface area contributed by atoms with Gasteiger partial charge in [-0.3, -0.25) is 4.79 Å². The fourth-order valence-electron chi connectivity index (χ4n) is 2.36. The molecule has 122 valence electrons. The number of nitrogens with zero attached hydrogens (tertiary/aromatic N) is 2. The Morgan fingerprint density at radius 3 is 2.71 bits per heavy atom. The first kappa shape index (κ1) is 16.5. The number of aromatic nitrogens is 2. The summed E-state index contributed by atoms with van der Waals surface area (Å²) in [6, 6.07) is 13.1. The maximum absolute atomic E-state index is 12.3. The fraction of sp³-hybridized carbons (Fsp3) is 0.111. The van der Waals surface area contributed by atoms with E-state index in [0.29, 0.717) is 5.76 Å². The lowest BCUT2D eigenvalue weighted by Gasteiger charge is -2.18. The summed E-state index contributed by atoms with van der Waals surface area (Å²) in [7, 11) is 1.91. The van der Waals surface area contributed by atoms with E-state index in [1.54, 1.807) is 12.3 Å². The molecular weight excluding hydrogens is 417 g/mol. The van der Waals surface area contributed by atoms with Gasteiger partial charge in [-0.1, -0.05) is 30.3 Å². The van der Waals surface area contributed by atoms with Crippen molar-refractivity contribution in [3.05, 3.63) is 81.8 Å². The second kappa shape index (κ2) is 7.48. The highest BCUT2D eigenvalue weighted by atomic mass is 127. The standard InChI is InChI=1S/C18H16IN3O2/c1-22-12-11-20-18(22)17(13-5-3-2-4-6-13)21-16(23)10-8-14-7-9-15(19)24-14/h2-12,17H,1H3,(H,21,23)/b10-8+/t17-/m1/s1. The van der Waals surface area contributed by atoms with Crippen molar-refractivity contribution in [1.82, 2.24) is 14.9 Å². The van der Waals surface area contributed by atoms with Crippen molar-refractivity contribution in [2.75, 3.05) is 0 Å². The van der Waals surface area contributed by atoms with Gasteiger partial charge in [0.25, 0.3) is 0 Å². The lowest BCUT2D eigenvalue weighted by molar-refractivity contribution is -0.117. The topological polar surface area (TPSA) is 60.1 Å². The molecule has 0 spiro atoms. The van der Waals surface area contributed by atoms with Gasteiger partial charge in [0.1, 0.15) is 17.6 Å². The summed E-state index contributed by atoms with van der Waals surface area (Å²) in [6.45, 7) is 0. The number of carbonyl (C=O) groups excluding carboxylic acids is 1. The van der Waals surface area contributed by atoms with Crippen LogP contribution in [-0.2, 0) is 11.8 Å². The third kappa shape index (κ3) is 3.94. The maximum atomic E-state index is 12.3. The van der Waals surface area contributed by atoms with Gasteiger partial charge in [-0.15, -0.1) is 0 Å². The van der Waals surface area contributed by atoms with E-state index in [-0.39, 0.29) is 11.9 Å². The zero-order valence-corrected chi connectivity index (χ0v) is 15.2. The van der Waals surface area contributed by atoms with Crippen LogP contribution in [0.15, 0.2) is 65.4 Å². The monoisotopic (exact) mass is 433 g/mol. The van der Waals surface area contributed by atoms with Crippen molar-refractivity contribution in [2.24, 2.45) is 7.05 Å². The highest BCUT2D eigenvalue weighted by Crippen LogP contribution is 2.20. The van der Waals surface area contributed by atoms with Crippen LogP contribution >= 0.6 is 22.6 Å². The molecule has 0 bridgehead atoms. The second-order valence-corrected chi connectivity index (χ2v) is 6.29. The van der Waals surface area contributed by atoms with Crippen molar-refractivity contribution >= 4 is 34.6 Å². The van der Waals surface area contributed by atoms with Crippen LogP contribution in [-0.4, -0.2) is 15.5 Å². The van der Waals surface area contributed by atoms with Crippen LogP contribution in [0.5, 0.6) is 0 Å². The van der Waals surface area contributed by atoms with Gasteiger partial charge >= 0.3 is 0 Å². The SMILES string of the molecule is Cn1ccnc1[C@H](NC(=O)/C=C/c1ccc(I)o1)c1ccccc1. The molecule has 0 fully saturated rings. The Morgan fingerprint density at radius 1 is 1.29 bits per heavy atom. The number of nitrogens with one attached hydrogen (secondary N) is 1. The molecule has 1 atom stereocenters. The quantitative estimate of drug-likeness (QED) is 0.495.